The Balaban J connectivity index is 2.90. The fraction of sp³-hybridized carbons (Fsp3) is 0.429. The maximum absolute atomic E-state index is 11.6. The van der Waals surface area contributed by atoms with Crippen molar-refractivity contribution in [2.75, 3.05) is 11.4 Å². The number of aliphatic carboxylic acids is 1. The van der Waals surface area contributed by atoms with E-state index in [-0.39, 0.29) is 12.5 Å². The van der Waals surface area contributed by atoms with E-state index in [9.17, 15) is 9.59 Å². The van der Waals surface area contributed by atoms with Gasteiger partial charge in [-0.1, -0.05) is 26.0 Å². The highest BCUT2D eigenvalue weighted by Crippen LogP contribution is 2.17. The van der Waals surface area contributed by atoms with Crippen molar-refractivity contribution in [2.24, 2.45) is 5.92 Å². The SMILES string of the molecule is CCc1ccc(N(CC(C)C(=O)O)C(C)=O)cc1. The minimum Gasteiger partial charge on any atom is -0.481 e. The van der Waals surface area contributed by atoms with Gasteiger partial charge in [-0.05, 0) is 24.1 Å². The summed E-state index contributed by atoms with van der Waals surface area (Å²) in [4.78, 5) is 23.9. The van der Waals surface area contributed by atoms with Crippen LogP contribution in [0.25, 0.3) is 0 Å². The van der Waals surface area contributed by atoms with Crippen molar-refractivity contribution >= 4 is 17.6 Å². The Morgan fingerprint density at radius 2 is 1.83 bits per heavy atom. The minimum absolute atomic E-state index is 0.146. The van der Waals surface area contributed by atoms with Crippen LogP contribution in [0.4, 0.5) is 5.69 Å². The Hall–Kier alpha value is -1.84. The van der Waals surface area contributed by atoms with Gasteiger partial charge < -0.3 is 10.0 Å². The predicted molar refractivity (Wildman–Crippen MR) is 70.6 cm³/mol. The highest BCUT2D eigenvalue weighted by molar-refractivity contribution is 5.92. The molecule has 18 heavy (non-hydrogen) atoms. The number of rotatable bonds is 5. The molecule has 0 bridgehead atoms. The van der Waals surface area contributed by atoms with Crippen LogP contribution < -0.4 is 4.90 Å². The van der Waals surface area contributed by atoms with Crippen LogP contribution in [0.2, 0.25) is 0 Å². The molecule has 4 heteroatoms. The van der Waals surface area contributed by atoms with E-state index < -0.39 is 11.9 Å². The van der Waals surface area contributed by atoms with E-state index in [1.807, 2.05) is 24.3 Å². The zero-order valence-corrected chi connectivity index (χ0v) is 11.0. The van der Waals surface area contributed by atoms with Gasteiger partial charge in [0.25, 0.3) is 0 Å². The van der Waals surface area contributed by atoms with Crippen LogP contribution in [0.15, 0.2) is 24.3 Å². The third-order valence-corrected chi connectivity index (χ3v) is 2.91. The smallest absolute Gasteiger partial charge is 0.308 e. The summed E-state index contributed by atoms with van der Waals surface area (Å²) in [6, 6.07) is 7.62. The number of aryl methyl sites for hydroxylation is 1. The number of amides is 1. The van der Waals surface area contributed by atoms with E-state index in [4.69, 9.17) is 5.11 Å². The molecular formula is C14H19NO3. The van der Waals surface area contributed by atoms with Gasteiger partial charge in [0, 0.05) is 19.2 Å². The second-order valence-electron chi connectivity index (χ2n) is 4.39. The maximum atomic E-state index is 11.6. The molecule has 0 aliphatic rings. The second kappa shape index (κ2) is 6.19. The van der Waals surface area contributed by atoms with Gasteiger partial charge in [0.1, 0.15) is 0 Å². The molecule has 98 valence electrons. The number of anilines is 1. The molecule has 0 spiro atoms. The van der Waals surface area contributed by atoms with E-state index in [0.29, 0.717) is 0 Å². The van der Waals surface area contributed by atoms with Gasteiger partial charge >= 0.3 is 5.97 Å². The minimum atomic E-state index is -0.897. The number of hydrogen-bond donors (Lipinski definition) is 1. The van der Waals surface area contributed by atoms with Crippen LogP contribution in [0.1, 0.15) is 26.3 Å². The fourth-order valence-corrected chi connectivity index (χ4v) is 1.68. The van der Waals surface area contributed by atoms with Crippen LogP contribution in [-0.4, -0.2) is 23.5 Å². The maximum Gasteiger partial charge on any atom is 0.308 e. The van der Waals surface area contributed by atoms with Crippen molar-refractivity contribution in [2.45, 2.75) is 27.2 Å². The van der Waals surface area contributed by atoms with Gasteiger partial charge in [-0.3, -0.25) is 9.59 Å². The molecule has 0 heterocycles. The van der Waals surface area contributed by atoms with Gasteiger partial charge in [-0.15, -0.1) is 0 Å². The lowest BCUT2D eigenvalue weighted by Gasteiger charge is -2.23. The molecule has 0 saturated carbocycles. The topological polar surface area (TPSA) is 57.6 Å². The lowest BCUT2D eigenvalue weighted by molar-refractivity contribution is -0.140. The van der Waals surface area contributed by atoms with Gasteiger partial charge in [-0.2, -0.15) is 0 Å². The van der Waals surface area contributed by atoms with E-state index in [0.717, 1.165) is 12.1 Å². The van der Waals surface area contributed by atoms with E-state index >= 15 is 0 Å². The molecule has 0 aromatic heterocycles. The van der Waals surface area contributed by atoms with Crippen molar-refractivity contribution in [3.63, 3.8) is 0 Å². The zero-order chi connectivity index (χ0) is 13.7. The fourth-order valence-electron chi connectivity index (χ4n) is 1.68. The van der Waals surface area contributed by atoms with Crippen molar-refractivity contribution in [3.8, 4) is 0 Å². The number of carboxylic acids is 1. The van der Waals surface area contributed by atoms with Crippen LogP contribution in [-0.2, 0) is 16.0 Å². The third kappa shape index (κ3) is 3.58. The Bertz CT molecular complexity index is 425. The average Bonchev–Trinajstić information content (AvgIpc) is 2.35. The molecule has 4 nitrogen and oxygen atoms in total. The van der Waals surface area contributed by atoms with Crippen LogP contribution in [0.3, 0.4) is 0 Å². The quantitative estimate of drug-likeness (QED) is 0.871. The van der Waals surface area contributed by atoms with Crippen molar-refractivity contribution < 1.29 is 14.7 Å². The number of nitrogens with zero attached hydrogens (tertiary/aromatic N) is 1. The first-order chi connectivity index (χ1) is 8.45. The lowest BCUT2D eigenvalue weighted by atomic mass is 10.1. The van der Waals surface area contributed by atoms with E-state index in [1.54, 1.807) is 6.92 Å². The molecule has 1 atom stereocenters. The molecule has 1 aromatic carbocycles. The Labute approximate surface area is 107 Å². The summed E-state index contributed by atoms with van der Waals surface area (Å²) >= 11 is 0. The predicted octanol–water partition coefficient (Wildman–Crippen LogP) is 2.32. The van der Waals surface area contributed by atoms with Crippen molar-refractivity contribution in [1.29, 1.82) is 0 Å². The summed E-state index contributed by atoms with van der Waals surface area (Å²) in [5.41, 5.74) is 1.93. The molecule has 0 aliphatic heterocycles. The van der Waals surface area contributed by atoms with E-state index in [2.05, 4.69) is 6.92 Å². The highest BCUT2D eigenvalue weighted by Gasteiger charge is 2.19. The Morgan fingerprint density at radius 1 is 1.28 bits per heavy atom. The van der Waals surface area contributed by atoms with Crippen molar-refractivity contribution in [3.05, 3.63) is 29.8 Å². The lowest BCUT2D eigenvalue weighted by Crippen LogP contribution is -2.35. The average molecular weight is 249 g/mol. The van der Waals surface area contributed by atoms with Gasteiger partial charge in [0.2, 0.25) is 5.91 Å². The highest BCUT2D eigenvalue weighted by atomic mass is 16.4. The molecule has 1 N–H and O–H groups in total. The molecule has 0 fully saturated rings. The molecular weight excluding hydrogens is 230 g/mol. The van der Waals surface area contributed by atoms with E-state index in [1.165, 1.54) is 17.4 Å². The number of hydrogen-bond acceptors (Lipinski definition) is 2. The summed E-state index contributed by atoms with van der Waals surface area (Å²) in [5, 5.41) is 8.90. The number of carboxylic acid groups (broad SMARTS) is 1. The number of carbonyl (C=O) groups is 2. The zero-order valence-electron chi connectivity index (χ0n) is 11.0. The van der Waals surface area contributed by atoms with Gasteiger partial charge in [0.15, 0.2) is 0 Å². The molecule has 1 unspecified atom stereocenters. The normalized spacial score (nSPS) is 11.9. The first-order valence-corrected chi connectivity index (χ1v) is 6.05. The molecule has 1 amide bonds. The van der Waals surface area contributed by atoms with Crippen LogP contribution in [0.5, 0.6) is 0 Å². The summed E-state index contributed by atoms with van der Waals surface area (Å²) in [5.74, 6) is -1.63. The Kier molecular flexibility index (Phi) is 4.89. The summed E-state index contributed by atoms with van der Waals surface area (Å²) in [6.45, 7) is 5.29. The standard InChI is InChI=1S/C14H19NO3/c1-4-12-5-7-13(8-6-12)15(11(3)16)9-10(2)14(17)18/h5-8,10H,4,9H2,1-3H3,(H,17,18). The third-order valence-electron chi connectivity index (χ3n) is 2.91. The Morgan fingerprint density at radius 3 is 2.22 bits per heavy atom. The molecule has 1 aromatic rings. The van der Waals surface area contributed by atoms with Crippen molar-refractivity contribution in [1.82, 2.24) is 0 Å². The van der Waals surface area contributed by atoms with Crippen LogP contribution >= 0.6 is 0 Å². The summed E-state index contributed by atoms with van der Waals surface area (Å²) in [7, 11) is 0. The van der Waals surface area contributed by atoms with Gasteiger partial charge in [-0.25, -0.2) is 0 Å². The summed E-state index contributed by atoms with van der Waals surface area (Å²) < 4.78 is 0. The molecule has 0 radical (unpaired) electrons. The largest absolute Gasteiger partial charge is 0.481 e. The molecule has 1 rings (SSSR count). The molecule has 0 saturated heterocycles. The number of carbonyl (C=O) groups excluding carboxylic acids is 1. The first-order valence-electron chi connectivity index (χ1n) is 6.05. The number of benzene rings is 1. The first kappa shape index (κ1) is 14.2. The molecule has 0 aliphatic carbocycles. The second-order valence-corrected chi connectivity index (χ2v) is 4.39. The summed E-state index contributed by atoms with van der Waals surface area (Å²) in [6.07, 6.45) is 0.936. The van der Waals surface area contributed by atoms with Crippen LogP contribution in [0, 0.1) is 5.92 Å². The van der Waals surface area contributed by atoms with Gasteiger partial charge in [0.05, 0.1) is 5.92 Å². The monoisotopic (exact) mass is 249 g/mol.